The molecule has 0 fully saturated rings. The zero-order chi connectivity index (χ0) is 13.0. The zero-order valence-corrected chi connectivity index (χ0v) is 10.3. The molecule has 5 nitrogen and oxygen atoms in total. The van der Waals surface area contributed by atoms with Gasteiger partial charge in [-0.15, -0.1) is 0 Å². The fourth-order valence-corrected chi connectivity index (χ4v) is 1.72. The smallest absolute Gasteiger partial charge is 0.126 e. The van der Waals surface area contributed by atoms with Crippen molar-refractivity contribution in [3.8, 4) is 0 Å². The van der Waals surface area contributed by atoms with Crippen molar-refractivity contribution in [3.63, 3.8) is 0 Å². The topological polar surface area (TPSA) is 80.4 Å². The van der Waals surface area contributed by atoms with Crippen molar-refractivity contribution in [1.29, 1.82) is 0 Å². The summed E-state index contributed by atoms with van der Waals surface area (Å²) in [5.41, 5.74) is 7.30. The maximum absolute atomic E-state index is 9.53. The number of nitrogens with zero attached hydrogens (tertiary/aromatic N) is 1. The highest BCUT2D eigenvalue weighted by molar-refractivity contribution is 5.83. The second kappa shape index (κ2) is 5.66. The Balaban J connectivity index is 2.08. The first-order valence-electron chi connectivity index (χ1n) is 5.76. The molecule has 96 valence electrons. The largest absolute Gasteiger partial charge is 0.399 e. The number of pyridine rings is 1. The van der Waals surface area contributed by atoms with E-state index in [9.17, 15) is 5.11 Å². The molecule has 1 unspecified atom stereocenters. The molecule has 18 heavy (non-hydrogen) atoms. The SMILES string of the molecule is COCC(O)CNc1ccc2cc(N)ccc2n1. The summed E-state index contributed by atoms with van der Waals surface area (Å²) in [7, 11) is 1.56. The molecule has 1 aromatic carbocycles. The van der Waals surface area contributed by atoms with Gasteiger partial charge in [-0.05, 0) is 30.3 Å². The minimum atomic E-state index is -0.543. The Hall–Kier alpha value is -1.85. The van der Waals surface area contributed by atoms with Gasteiger partial charge < -0.3 is 20.9 Å². The number of methoxy groups -OCH3 is 1. The third-order valence-electron chi connectivity index (χ3n) is 2.59. The number of aliphatic hydroxyl groups excluding tert-OH is 1. The van der Waals surface area contributed by atoms with Gasteiger partial charge in [-0.2, -0.15) is 0 Å². The van der Waals surface area contributed by atoms with Gasteiger partial charge in [0.25, 0.3) is 0 Å². The molecule has 0 spiro atoms. The van der Waals surface area contributed by atoms with E-state index in [0.717, 1.165) is 22.4 Å². The second-order valence-corrected chi connectivity index (χ2v) is 4.14. The van der Waals surface area contributed by atoms with Gasteiger partial charge in [0.05, 0.1) is 18.2 Å². The standard InChI is InChI=1S/C13H17N3O2/c1-18-8-11(17)7-15-13-5-2-9-6-10(14)3-4-12(9)16-13/h2-6,11,17H,7-8,14H2,1H3,(H,15,16). The molecule has 0 saturated carbocycles. The zero-order valence-electron chi connectivity index (χ0n) is 10.3. The number of rotatable bonds is 5. The molecular weight excluding hydrogens is 230 g/mol. The number of anilines is 2. The summed E-state index contributed by atoms with van der Waals surface area (Å²) in [6, 6.07) is 9.39. The minimum Gasteiger partial charge on any atom is -0.399 e. The lowest BCUT2D eigenvalue weighted by Crippen LogP contribution is -2.24. The molecule has 0 aliphatic rings. The van der Waals surface area contributed by atoms with E-state index in [1.54, 1.807) is 7.11 Å². The molecule has 0 saturated heterocycles. The molecule has 5 heteroatoms. The van der Waals surface area contributed by atoms with Crippen molar-refractivity contribution < 1.29 is 9.84 Å². The second-order valence-electron chi connectivity index (χ2n) is 4.14. The van der Waals surface area contributed by atoms with E-state index in [2.05, 4.69) is 10.3 Å². The number of hydrogen-bond acceptors (Lipinski definition) is 5. The van der Waals surface area contributed by atoms with Crippen LogP contribution in [0.1, 0.15) is 0 Å². The maximum Gasteiger partial charge on any atom is 0.126 e. The lowest BCUT2D eigenvalue weighted by molar-refractivity contribution is 0.0727. The minimum absolute atomic E-state index is 0.303. The predicted octanol–water partition coefficient (Wildman–Crippen LogP) is 1.24. The van der Waals surface area contributed by atoms with Gasteiger partial charge in [-0.3, -0.25) is 0 Å². The number of nitrogen functional groups attached to an aromatic ring is 1. The fraction of sp³-hybridized carbons (Fsp3) is 0.308. The summed E-state index contributed by atoms with van der Waals surface area (Å²) in [6.07, 6.45) is -0.543. The van der Waals surface area contributed by atoms with Gasteiger partial charge in [0.2, 0.25) is 0 Å². The molecule has 2 rings (SSSR count). The first-order valence-corrected chi connectivity index (χ1v) is 5.76. The Morgan fingerprint density at radius 3 is 3.00 bits per heavy atom. The Kier molecular flexibility index (Phi) is 3.96. The first kappa shape index (κ1) is 12.6. The average Bonchev–Trinajstić information content (AvgIpc) is 2.36. The summed E-state index contributed by atoms with van der Waals surface area (Å²) in [5, 5.41) is 13.6. The van der Waals surface area contributed by atoms with Gasteiger partial charge in [0.1, 0.15) is 5.82 Å². The van der Waals surface area contributed by atoms with Crippen LogP contribution in [0.3, 0.4) is 0 Å². The highest BCUT2D eigenvalue weighted by atomic mass is 16.5. The summed E-state index contributed by atoms with van der Waals surface area (Å²) in [6.45, 7) is 0.707. The van der Waals surface area contributed by atoms with Crippen LogP contribution >= 0.6 is 0 Å². The molecule has 0 aliphatic heterocycles. The van der Waals surface area contributed by atoms with Crippen LogP contribution in [-0.2, 0) is 4.74 Å². The van der Waals surface area contributed by atoms with E-state index in [1.807, 2.05) is 30.3 Å². The third kappa shape index (κ3) is 3.09. The van der Waals surface area contributed by atoms with Gasteiger partial charge in [-0.1, -0.05) is 0 Å². The third-order valence-corrected chi connectivity index (χ3v) is 2.59. The maximum atomic E-state index is 9.53. The number of hydrogen-bond donors (Lipinski definition) is 3. The van der Waals surface area contributed by atoms with E-state index in [-0.39, 0.29) is 0 Å². The van der Waals surface area contributed by atoms with Gasteiger partial charge in [-0.25, -0.2) is 4.98 Å². The molecule has 1 heterocycles. The normalized spacial score (nSPS) is 12.6. The van der Waals surface area contributed by atoms with Crippen LogP contribution in [-0.4, -0.2) is 36.5 Å². The Morgan fingerprint density at radius 1 is 1.39 bits per heavy atom. The van der Waals surface area contributed by atoms with Crippen molar-refractivity contribution in [2.24, 2.45) is 0 Å². The quantitative estimate of drug-likeness (QED) is 0.693. The highest BCUT2D eigenvalue weighted by Crippen LogP contribution is 2.17. The number of aromatic nitrogens is 1. The molecule has 0 bridgehead atoms. The van der Waals surface area contributed by atoms with Crippen molar-refractivity contribution in [2.45, 2.75) is 6.10 Å². The van der Waals surface area contributed by atoms with E-state index < -0.39 is 6.10 Å². The van der Waals surface area contributed by atoms with Crippen molar-refractivity contribution in [2.75, 3.05) is 31.3 Å². The molecule has 1 atom stereocenters. The first-order chi connectivity index (χ1) is 8.69. The molecule has 0 aliphatic carbocycles. The van der Waals surface area contributed by atoms with Crippen LogP contribution in [0.5, 0.6) is 0 Å². The predicted molar refractivity (Wildman–Crippen MR) is 72.5 cm³/mol. The fourth-order valence-electron chi connectivity index (χ4n) is 1.72. The van der Waals surface area contributed by atoms with Crippen LogP contribution in [0, 0.1) is 0 Å². The number of benzene rings is 1. The molecule has 4 N–H and O–H groups in total. The van der Waals surface area contributed by atoms with E-state index in [4.69, 9.17) is 10.5 Å². The number of nitrogens with two attached hydrogens (primary N) is 1. The summed E-state index contributed by atoms with van der Waals surface area (Å²) in [4.78, 5) is 4.43. The summed E-state index contributed by atoms with van der Waals surface area (Å²) < 4.78 is 4.85. The number of ether oxygens (including phenoxy) is 1. The molecule has 2 aromatic rings. The van der Waals surface area contributed by atoms with E-state index in [1.165, 1.54) is 0 Å². The number of fused-ring (bicyclic) bond motifs is 1. The van der Waals surface area contributed by atoms with Crippen molar-refractivity contribution in [3.05, 3.63) is 30.3 Å². The monoisotopic (exact) mass is 247 g/mol. The van der Waals surface area contributed by atoms with Crippen LogP contribution in [0.2, 0.25) is 0 Å². The number of nitrogens with one attached hydrogen (secondary N) is 1. The van der Waals surface area contributed by atoms with Crippen molar-refractivity contribution in [1.82, 2.24) is 4.98 Å². The van der Waals surface area contributed by atoms with E-state index in [0.29, 0.717) is 13.2 Å². The average molecular weight is 247 g/mol. The molecule has 1 aromatic heterocycles. The van der Waals surface area contributed by atoms with E-state index >= 15 is 0 Å². The molecular formula is C13H17N3O2. The van der Waals surface area contributed by atoms with Crippen LogP contribution in [0.4, 0.5) is 11.5 Å². The van der Waals surface area contributed by atoms with Gasteiger partial charge in [0, 0.05) is 24.7 Å². The van der Waals surface area contributed by atoms with Gasteiger partial charge >= 0.3 is 0 Å². The number of aliphatic hydroxyl groups is 1. The lowest BCUT2D eigenvalue weighted by Gasteiger charge is -2.11. The lowest BCUT2D eigenvalue weighted by atomic mass is 10.2. The Labute approximate surface area is 106 Å². The highest BCUT2D eigenvalue weighted by Gasteiger charge is 2.04. The van der Waals surface area contributed by atoms with Crippen molar-refractivity contribution >= 4 is 22.4 Å². The molecule has 0 amide bonds. The van der Waals surface area contributed by atoms with Crippen LogP contribution in [0.15, 0.2) is 30.3 Å². The van der Waals surface area contributed by atoms with Crippen LogP contribution in [0.25, 0.3) is 10.9 Å². The summed E-state index contributed by atoms with van der Waals surface area (Å²) >= 11 is 0. The summed E-state index contributed by atoms with van der Waals surface area (Å²) in [5.74, 6) is 0.724. The molecule has 0 radical (unpaired) electrons. The Bertz CT molecular complexity index is 531. The Morgan fingerprint density at radius 2 is 2.22 bits per heavy atom. The van der Waals surface area contributed by atoms with Gasteiger partial charge in [0.15, 0.2) is 0 Å². The van der Waals surface area contributed by atoms with Crippen LogP contribution < -0.4 is 11.1 Å².